The fourth-order valence-electron chi connectivity index (χ4n) is 4.59. The van der Waals surface area contributed by atoms with Crippen LogP contribution in [0.25, 0.3) is 0 Å². The van der Waals surface area contributed by atoms with Crippen LogP contribution in [0.5, 0.6) is 0 Å². The van der Waals surface area contributed by atoms with E-state index in [0.717, 1.165) is 27.4 Å². The van der Waals surface area contributed by atoms with Crippen LogP contribution < -0.4 is 9.80 Å². The molecule has 10 heteroatoms. The Labute approximate surface area is 225 Å². The van der Waals surface area contributed by atoms with Crippen LogP contribution in [0, 0.1) is 0 Å². The molecule has 3 aromatic rings. The summed E-state index contributed by atoms with van der Waals surface area (Å²) in [5.41, 5.74) is 2.46. The van der Waals surface area contributed by atoms with E-state index in [0.29, 0.717) is 35.1 Å². The summed E-state index contributed by atoms with van der Waals surface area (Å²) in [6.45, 7) is 3.09. The number of benzene rings is 3. The molecule has 0 N–H and O–H groups in total. The molecule has 188 valence electrons. The second-order valence-electron chi connectivity index (χ2n) is 9.06. The van der Waals surface area contributed by atoms with Crippen molar-refractivity contribution >= 4 is 55.0 Å². The van der Waals surface area contributed by atoms with Gasteiger partial charge in [0, 0.05) is 35.7 Å². The van der Waals surface area contributed by atoms with Crippen LogP contribution in [-0.2, 0) is 23.1 Å². The Bertz CT molecular complexity index is 1380. The molecule has 0 unspecified atom stereocenters. The van der Waals surface area contributed by atoms with Crippen molar-refractivity contribution in [1.29, 1.82) is 0 Å². The molecular formula is C26H26BrClN4O3S. The predicted molar refractivity (Wildman–Crippen MR) is 146 cm³/mol. The van der Waals surface area contributed by atoms with E-state index in [1.165, 1.54) is 4.90 Å². The number of piperazine rings is 1. The maximum absolute atomic E-state index is 14.1. The van der Waals surface area contributed by atoms with Gasteiger partial charge in [-0.25, -0.2) is 17.5 Å². The van der Waals surface area contributed by atoms with Gasteiger partial charge in [0.2, 0.25) is 0 Å². The molecule has 2 aliphatic heterocycles. The minimum Gasteiger partial charge on any atom is -0.368 e. The van der Waals surface area contributed by atoms with E-state index in [-0.39, 0.29) is 18.0 Å². The summed E-state index contributed by atoms with van der Waals surface area (Å²) in [6.07, 6.45) is 0. The van der Waals surface area contributed by atoms with Gasteiger partial charge in [0.05, 0.1) is 24.5 Å². The van der Waals surface area contributed by atoms with Crippen LogP contribution in [0.4, 0.5) is 16.2 Å². The number of hydrogen-bond acceptors (Lipinski definition) is 5. The monoisotopic (exact) mass is 588 g/mol. The molecule has 0 aromatic heterocycles. The Morgan fingerprint density at radius 3 is 2.14 bits per heavy atom. The normalized spacial score (nSPS) is 17.9. The van der Waals surface area contributed by atoms with Gasteiger partial charge >= 0.3 is 6.03 Å². The smallest absolute Gasteiger partial charge is 0.339 e. The average Bonchev–Trinajstić information content (AvgIpc) is 2.86. The highest BCUT2D eigenvalue weighted by Gasteiger charge is 2.44. The number of halogens is 2. The predicted octanol–water partition coefficient (Wildman–Crippen LogP) is 5.19. The van der Waals surface area contributed by atoms with Crippen LogP contribution in [0.1, 0.15) is 11.1 Å². The van der Waals surface area contributed by atoms with Crippen molar-refractivity contribution in [2.75, 3.05) is 43.0 Å². The third kappa shape index (κ3) is 4.85. The maximum Gasteiger partial charge on any atom is 0.339 e. The van der Waals surface area contributed by atoms with E-state index >= 15 is 0 Å². The van der Waals surface area contributed by atoms with E-state index in [9.17, 15) is 13.2 Å². The van der Waals surface area contributed by atoms with Crippen LogP contribution in [-0.4, -0.2) is 56.9 Å². The quantitative estimate of drug-likeness (QED) is 0.410. The van der Waals surface area contributed by atoms with E-state index in [1.54, 1.807) is 12.1 Å². The van der Waals surface area contributed by atoms with Gasteiger partial charge in [0.1, 0.15) is 4.90 Å². The van der Waals surface area contributed by atoms with Gasteiger partial charge in [-0.15, -0.1) is 0 Å². The molecule has 1 saturated heterocycles. The largest absolute Gasteiger partial charge is 0.368 e. The van der Waals surface area contributed by atoms with E-state index in [2.05, 4.69) is 25.7 Å². The van der Waals surface area contributed by atoms with Gasteiger partial charge in [0.15, 0.2) is 0 Å². The third-order valence-corrected chi connectivity index (χ3v) is 9.11. The fourth-order valence-corrected chi connectivity index (χ4v) is 6.79. The molecule has 7 nitrogen and oxygen atoms in total. The first kappa shape index (κ1) is 25.1. The highest BCUT2D eigenvalue weighted by molar-refractivity contribution is 9.10. The zero-order chi connectivity index (χ0) is 25.4. The summed E-state index contributed by atoms with van der Waals surface area (Å²) in [5, 5.41) is 0.394. The molecule has 0 atom stereocenters. The van der Waals surface area contributed by atoms with Gasteiger partial charge in [-0.3, -0.25) is 4.90 Å². The van der Waals surface area contributed by atoms with Crippen LogP contribution in [0.15, 0.2) is 76.1 Å². The van der Waals surface area contributed by atoms with Gasteiger partial charge in [-0.05, 0) is 42.4 Å². The van der Waals surface area contributed by atoms with Gasteiger partial charge in [-0.2, -0.15) is 0 Å². The van der Waals surface area contributed by atoms with Gasteiger partial charge < -0.3 is 9.80 Å². The first-order valence-corrected chi connectivity index (χ1v) is 14.2. The molecule has 36 heavy (non-hydrogen) atoms. The Morgan fingerprint density at radius 2 is 1.47 bits per heavy atom. The van der Waals surface area contributed by atoms with Crippen molar-refractivity contribution in [2.24, 2.45) is 0 Å². The Morgan fingerprint density at radius 1 is 0.861 bits per heavy atom. The fraction of sp³-hybridized carbons (Fsp3) is 0.269. The molecule has 0 bridgehead atoms. The Hall–Kier alpha value is -2.59. The lowest BCUT2D eigenvalue weighted by atomic mass is 10.1. The highest BCUT2D eigenvalue weighted by Crippen LogP contribution is 2.44. The van der Waals surface area contributed by atoms with Crippen LogP contribution in [0.3, 0.4) is 0 Å². The number of carbonyl (C=O) groups is 1. The van der Waals surface area contributed by atoms with Crippen LogP contribution >= 0.6 is 27.5 Å². The van der Waals surface area contributed by atoms with Gasteiger partial charge in [-0.1, -0.05) is 70.0 Å². The van der Waals surface area contributed by atoms with Gasteiger partial charge in [0.25, 0.3) is 10.0 Å². The van der Waals surface area contributed by atoms with E-state index in [1.807, 2.05) is 61.6 Å². The van der Waals surface area contributed by atoms with Crippen molar-refractivity contribution in [2.45, 2.75) is 18.0 Å². The number of urea groups is 1. The van der Waals surface area contributed by atoms with Crippen molar-refractivity contribution < 1.29 is 13.2 Å². The number of rotatable bonds is 5. The van der Waals surface area contributed by atoms with Crippen LogP contribution in [0.2, 0.25) is 5.02 Å². The molecule has 0 aliphatic carbocycles. The highest BCUT2D eigenvalue weighted by atomic mass is 79.9. The molecule has 0 saturated carbocycles. The number of likely N-dealkylation sites (N-methyl/N-ethyl adjacent to an activating group) is 1. The number of sulfonamides is 1. The van der Waals surface area contributed by atoms with E-state index < -0.39 is 16.1 Å². The number of carbonyl (C=O) groups excluding carboxylic acids is 1. The first-order chi connectivity index (χ1) is 17.2. The van der Waals surface area contributed by atoms with Crippen molar-refractivity contribution in [1.82, 2.24) is 9.21 Å². The molecular weight excluding hydrogens is 564 g/mol. The second kappa shape index (κ2) is 10.0. The minimum absolute atomic E-state index is 0.0655. The molecule has 0 spiro atoms. The summed E-state index contributed by atoms with van der Waals surface area (Å²) in [5.74, 6) is 0. The number of fused-ring (bicyclic) bond motifs is 1. The number of nitrogens with zero attached hydrogens (tertiary/aromatic N) is 4. The number of anilines is 2. The Kier molecular flexibility index (Phi) is 7.00. The summed E-state index contributed by atoms with van der Waals surface area (Å²) in [7, 11) is -2.12. The standard InChI is InChI=1S/C26H26BrClN4O3S/c1-29-11-13-30(14-12-29)23-15-22(28)16-24-25(23)36(34,35)32(18-20-7-9-21(27)10-8-20)26(33)31(24)17-19-5-3-2-4-6-19/h2-10,15-16H,11-14,17-18H2,1H3. The molecule has 1 fully saturated rings. The number of hydrogen-bond donors (Lipinski definition) is 0. The number of amides is 2. The maximum atomic E-state index is 14.1. The molecule has 2 aliphatic rings. The SMILES string of the molecule is CN1CCN(c2cc(Cl)cc3c2S(=O)(=O)N(Cc2ccc(Br)cc2)C(=O)N3Cc2ccccc2)CC1. The molecule has 5 rings (SSSR count). The zero-order valence-electron chi connectivity index (χ0n) is 19.8. The topological polar surface area (TPSA) is 64.2 Å². The van der Waals surface area contributed by atoms with E-state index in [4.69, 9.17) is 11.6 Å². The average molecular weight is 590 g/mol. The first-order valence-electron chi connectivity index (χ1n) is 11.6. The minimum atomic E-state index is -4.16. The van der Waals surface area contributed by atoms with Crippen molar-refractivity contribution in [3.63, 3.8) is 0 Å². The summed E-state index contributed by atoms with van der Waals surface area (Å²) in [6, 6.07) is 19.5. The lowest BCUT2D eigenvalue weighted by Gasteiger charge is -2.40. The molecule has 3 aromatic carbocycles. The van der Waals surface area contributed by atoms with Crippen molar-refractivity contribution in [3.8, 4) is 0 Å². The lowest BCUT2D eigenvalue weighted by Crippen LogP contribution is -2.51. The molecule has 2 amide bonds. The van der Waals surface area contributed by atoms with Crippen molar-refractivity contribution in [3.05, 3.63) is 87.4 Å². The Balaban J connectivity index is 1.65. The lowest BCUT2D eigenvalue weighted by molar-refractivity contribution is 0.226. The zero-order valence-corrected chi connectivity index (χ0v) is 22.9. The molecule has 0 radical (unpaired) electrons. The summed E-state index contributed by atoms with van der Waals surface area (Å²) >= 11 is 9.94. The third-order valence-electron chi connectivity index (χ3n) is 6.56. The summed E-state index contributed by atoms with van der Waals surface area (Å²) < 4.78 is 30.1. The summed E-state index contributed by atoms with van der Waals surface area (Å²) in [4.78, 5) is 19.7. The second-order valence-corrected chi connectivity index (χ2v) is 12.2. The molecule has 2 heterocycles.